The molecular weight excluding hydrogens is 348 g/mol. The number of aromatic carboxylic acids is 1. The summed E-state index contributed by atoms with van der Waals surface area (Å²) in [6, 6.07) is 10.1. The zero-order valence-corrected chi connectivity index (χ0v) is 14.8. The Morgan fingerprint density at radius 3 is 2.37 bits per heavy atom. The largest absolute Gasteiger partial charge is 0.497 e. The molecule has 0 unspecified atom stereocenters. The first kappa shape index (κ1) is 18.1. The van der Waals surface area contributed by atoms with Gasteiger partial charge in [-0.15, -0.1) is 0 Å². The number of carboxylic acid groups (broad SMARTS) is 1. The first-order chi connectivity index (χ1) is 13.1. The van der Waals surface area contributed by atoms with Crippen molar-refractivity contribution in [3.05, 3.63) is 59.9 Å². The lowest BCUT2D eigenvalue weighted by Gasteiger charge is -2.10. The highest BCUT2D eigenvalue weighted by atomic mass is 16.5. The smallest absolute Gasteiger partial charge is 0.335 e. The molecule has 2 N–H and O–H groups in total. The zero-order valence-electron chi connectivity index (χ0n) is 14.8. The van der Waals surface area contributed by atoms with E-state index in [1.54, 1.807) is 32.5 Å². The van der Waals surface area contributed by atoms with E-state index < -0.39 is 5.97 Å². The third kappa shape index (κ3) is 4.49. The lowest BCUT2D eigenvalue weighted by atomic mass is 10.2. The number of pyridine rings is 1. The molecule has 0 bridgehead atoms. The first-order valence-corrected chi connectivity index (χ1v) is 8.07. The minimum Gasteiger partial charge on any atom is -0.497 e. The van der Waals surface area contributed by atoms with Crippen molar-refractivity contribution in [2.45, 2.75) is 6.54 Å². The number of hydrogen-bond acceptors (Lipinski definition) is 7. The fourth-order valence-corrected chi connectivity index (χ4v) is 2.44. The summed E-state index contributed by atoms with van der Waals surface area (Å²) < 4.78 is 10.5. The average Bonchev–Trinajstić information content (AvgIpc) is 2.72. The molecule has 3 aromatic rings. The van der Waals surface area contributed by atoms with Gasteiger partial charge in [0.1, 0.15) is 11.5 Å². The molecule has 0 radical (unpaired) electrons. The number of carboxylic acids is 1. The Balaban J connectivity index is 1.79. The summed E-state index contributed by atoms with van der Waals surface area (Å²) in [5.74, 6) is 0.765. The second-order valence-electron chi connectivity index (χ2n) is 5.57. The van der Waals surface area contributed by atoms with Crippen molar-refractivity contribution >= 4 is 11.9 Å². The fourth-order valence-electron chi connectivity index (χ4n) is 2.44. The van der Waals surface area contributed by atoms with E-state index in [1.165, 1.54) is 18.3 Å². The molecule has 27 heavy (non-hydrogen) atoms. The van der Waals surface area contributed by atoms with E-state index in [9.17, 15) is 4.79 Å². The van der Waals surface area contributed by atoms with Crippen LogP contribution >= 0.6 is 0 Å². The predicted molar refractivity (Wildman–Crippen MR) is 99.1 cm³/mol. The Bertz CT molecular complexity index is 940. The number of methoxy groups -OCH3 is 2. The van der Waals surface area contributed by atoms with Gasteiger partial charge in [-0.2, -0.15) is 0 Å². The van der Waals surface area contributed by atoms with Gasteiger partial charge < -0.3 is 19.9 Å². The highest BCUT2D eigenvalue weighted by Gasteiger charge is 2.09. The van der Waals surface area contributed by atoms with Crippen molar-refractivity contribution in [3.63, 3.8) is 0 Å². The highest BCUT2D eigenvalue weighted by Crippen LogP contribution is 2.23. The fraction of sp³-hybridized carbons (Fsp3) is 0.158. The van der Waals surface area contributed by atoms with Crippen LogP contribution in [0.25, 0.3) is 11.4 Å². The quantitative estimate of drug-likeness (QED) is 0.657. The van der Waals surface area contributed by atoms with E-state index >= 15 is 0 Å². The van der Waals surface area contributed by atoms with Crippen LogP contribution in [0, 0.1) is 0 Å². The number of rotatable bonds is 7. The van der Waals surface area contributed by atoms with Crippen molar-refractivity contribution in [3.8, 4) is 22.9 Å². The molecule has 0 fully saturated rings. The Labute approximate surface area is 155 Å². The van der Waals surface area contributed by atoms with Crippen LogP contribution in [0.1, 0.15) is 15.9 Å². The molecule has 8 heteroatoms. The summed E-state index contributed by atoms with van der Waals surface area (Å²) in [5, 5.41) is 12.2. The van der Waals surface area contributed by atoms with E-state index in [2.05, 4.69) is 20.3 Å². The summed E-state index contributed by atoms with van der Waals surface area (Å²) in [7, 11) is 3.19. The molecule has 138 valence electrons. The predicted octanol–water partition coefficient (Wildman–Crippen LogP) is 2.87. The van der Waals surface area contributed by atoms with Gasteiger partial charge in [0.25, 0.3) is 0 Å². The lowest BCUT2D eigenvalue weighted by molar-refractivity contribution is 0.0697. The van der Waals surface area contributed by atoms with Crippen LogP contribution in [-0.4, -0.2) is 40.2 Å². The van der Waals surface area contributed by atoms with Gasteiger partial charge in [-0.3, -0.25) is 4.98 Å². The maximum atomic E-state index is 11.1. The van der Waals surface area contributed by atoms with Crippen LogP contribution in [0.2, 0.25) is 0 Å². The van der Waals surface area contributed by atoms with Crippen molar-refractivity contribution in [2.24, 2.45) is 0 Å². The standard InChI is InChI=1S/C19H18N4O4/c1-26-14-7-12(8-15(10-14)27-2)11-22-19-21-6-4-16(23-19)17-9-13(18(24)25)3-5-20-17/h3-10H,11H2,1-2H3,(H,24,25)(H,21,22,23). The monoisotopic (exact) mass is 366 g/mol. The Hall–Kier alpha value is -3.68. The molecule has 2 heterocycles. The van der Waals surface area contributed by atoms with Crippen molar-refractivity contribution in [1.29, 1.82) is 0 Å². The Morgan fingerprint density at radius 1 is 1.00 bits per heavy atom. The van der Waals surface area contributed by atoms with Crippen molar-refractivity contribution < 1.29 is 19.4 Å². The van der Waals surface area contributed by atoms with Gasteiger partial charge >= 0.3 is 5.97 Å². The minimum absolute atomic E-state index is 0.150. The number of hydrogen-bond donors (Lipinski definition) is 2. The molecule has 1 aromatic carbocycles. The molecule has 0 amide bonds. The van der Waals surface area contributed by atoms with Crippen LogP contribution in [0.15, 0.2) is 48.8 Å². The number of benzene rings is 1. The van der Waals surface area contributed by atoms with Crippen LogP contribution in [-0.2, 0) is 6.54 Å². The van der Waals surface area contributed by atoms with Gasteiger partial charge in [0.2, 0.25) is 5.95 Å². The second kappa shape index (κ2) is 8.13. The molecule has 0 atom stereocenters. The van der Waals surface area contributed by atoms with Crippen LogP contribution in [0.3, 0.4) is 0 Å². The first-order valence-electron chi connectivity index (χ1n) is 8.07. The molecule has 0 saturated heterocycles. The van der Waals surface area contributed by atoms with E-state index in [0.717, 1.165) is 5.56 Å². The number of nitrogens with one attached hydrogen (secondary N) is 1. The number of anilines is 1. The van der Waals surface area contributed by atoms with Gasteiger partial charge in [0, 0.05) is 25.0 Å². The van der Waals surface area contributed by atoms with Gasteiger partial charge in [0.15, 0.2) is 0 Å². The molecule has 2 aromatic heterocycles. The molecule has 0 aliphatic rings. The van der Waals surface area contributed by atoms with E-state index in [4.69, 9.17) is 14.6 Å². The summed E-state index contributed by atoms with van der Waals surface area (Å²) in [5.41, 5.74) is 2.07. The third-order valence-electron chi connectivity index (χ3n) is 3.79. The summed E-state index contributed by atoms with van der Waals surface area (Å²) >= 11 is 0. The number of carbonyl (C=O) groups is 1. The van der Waals surface area contributed by atoms with Gasteiger partial charge in [0.05, 0.1) is 31.2 Å². The second-order valence-corrected chi connectivity index (χ2v) is 5.57. The lowest BCUT2D eigenvalue weighted by Crippen LogP contribution is -2.05. The zero-order chi connectivity index (χ0) is 19.2. The maximum Gasteiger partial charge on any atom is 0.335 e. The molecule has 0 saturated carbocycles. The van der Waals surface area contributed by atoms with Gasteiger partial charge in [-0.1, -0.05) is 0 Å². The summed E-state index contributed by atoms with van der Waals surface area (Å²) in [6.45, 7) is 0.458. The van der Waals surface area contributed by atoms with Crippen LogP contribution in [0.5, 0.6) is 11.5 Å². The number of nitrogens with zero attached hydrogens (tertiary/aromatic N) is 3. The molecule has 0 aliphatic heterocycles. The van der Waals surface area contributed by atoms with Gasteiger partial charge in [-0.05, 0) is 35.9 Å². The summed E-state index contributed by atoms with van der Waals surface area (Å²) in [6.07, 6.45) is 3.03. The molecule has 8 nitrogen and oxygen atoms in total. The maximum absolute atomic E-state index is 11.1. The van der Waals surface area contributed by atoms with Crippen molar-refractivity contribution in [1.82, 2.24) is 15.0 Å². The Morgan fingerprint density at radius 2 is 1.70 bits per heavy atom. The topological polar surface area (TPSA) is 106 Å². The summed E-state index contributed by atoms with van der Waals surface area (Å²) in [4.78, 5) is 23.9. The third-order valence-corrected chi connectivity index (χ3v) is 3.79. The highest BCUT2D eigenvalue weighted by molar-refractivity contribution is 5.88. The van der Waals surface area contributed by atoms with E-state index in [0.29, 0.717) is 35.4 Å². The average molecular weight is 366 g/mol. The normalized spacial score (nSPS) is 10.3. The molecular formula is C19H18N4O4. The minimum atomic E-state index is -1.02. The van der Waals surface area contributed by atoms with E-state index in [1.807, 2.05) is 12.1 Å². The van der Waals surface area contributed by atoms with Gasteiger partial charge in [-0.25, -0.2) is 14.8 Å². The van der Waals surface area contributed by atoms with Crippen molar-refractivity contribution in [2.75, 3.05) is 19.5 Å². The van der Waals surface area contributed by atoms with Crippen LogP contribution < -0.4 is 14.8 Å². The van der Waals surface area contributed by atoms with Crippen LogP contribution in [0.4, 0.5) is 5.95 Å². The Kier molecular flexibility index (Phi) is 5.46. The SMILES string of the molecule is COc1cc(CNc2nccc(-c3cc(C(=O)O)ccn3)n2)cc(OC)c1. The molecule has 3 rings (SSSR count). The number of ether oxygens (including phenoxy) is 2. The molecule has 0 spiro atoms. The molecule has 0 aliphatic carbocycles. The van der Waals surface area contributed by atoms with E-state index in [-0.39, 0.29) is 5.56 Å². The number of aromatic nitrogens is 3.